The van der Waals surface area contributed by atoms with Crippen molar-refractivity contribution in [3.8, 4) is 12.1 Å². The molecule has 0 saturated heterocycles. The molecule has 1 heterocycles. The lowest BCUT2D eigenvalue weighted by atomic mass is 9.76. The highest BCUT2D eigenvalue weighted by molar-refractivity contribution is 5.91. The van der Waals surface area contributed by atoms with Gasteiger partial charge in [-0.25, -0.2) is 4.79 Å². The summed E-state index contributed by atoms with van der Waals surface area (Å²) in [5.74, 6) is -0.771. The fourth-order valence-corrected chi connectivity index (χ4v) is 2.28. The maximum Gasteiger partial charge on any atom is 0.334 e. The minimum absolute atomic E-state index is 0.194. The highest BCUT2D eigenvalue weighted by atomic mass is 16.5. The molecule has 1 aromatic heterocycles. The number of carbonyl (C=O) groups excluding carboxylic acids is 1. The molecule has 0 saturated carbocycles. The van der Waals surface area contributed by atoms with Crippen LogP contribution in [0.2, 0.25) is 0 Å². The molecule has 96 valence electrons. The first-order chi connectivity index (χ1) is 9.18. The Morgan fingerprint density at radius 1 is 1.58 bits per heavy atom. The van der Waals surface area contributed by atoms with E-state index in [2.05, 4.69) is 0 Å². The fraction of sp³-hybridized carbons (Fsp3) is 0.357. The third kappa shape index (κ3) is 2.00. The zero-order valence-corrected chi connectivity index (χ0v) is 10.4. The SMILES string of the molecule is CCOC(=O)C1=CCC(C#N)(C#N)C1c1ccco1. The van der Waals surface area contributed by atoms with Gasteiger partial charge in [-0.2, -0.15) is 10.5 Å². The summed E-state index contributed by atoms with van der Waals surface area (Å²) in [6.07, 6.45) is 3.24. The Labute approximate surface area is 110 Å². The lowest BCUT2D eigenvalue weighted by molar-refractivity contribution is -0.138. The van der Waals surface area contributed by atoms with E-state index in [1.165, 1.54) is 6.26 Å². The number of hydrogen-bond donors (Lipinski definition) is 0. The summed E-state index contributed by atoms with van der Waals surface area (Å²) >= 11 is 0. The molecule has 1 aliphatic carbocycles. The Balaban J connectivity index is 2.45. The van der Waals surface area contributed by atoms with Crippen LogP contribution >= 0.6 is 0 Å². The minimum Gasteiger partial charge on any atom is -0.469 e. The van der Waals surface area contributed by atoms with Gasteiger partial charge in [-0.3, -0.25) is 0 Å². The third-order valence-electron chi connectivity index (χ3n) is 3.19. The molecule has 1 aliphatic rings. The Kier molecular flexibility index (Phi) is 3.39. The second-order valence-electron chi connectivity index (χ2n) is 4.23. The van der Waals surface area contributed by atoms with E-state index in [0.29, 0.717) is 11.3 Å². The second-order valence-corrected chi connectivity index (χ2v) is 4.23. The summed E-state index contributed by atoms with van der Waals surface area (Å²) in [6.45, 7) is 1.95. The first-order valence-corrected chi connectivity index (χ1v) is 5.91. The maximum atomic E-state index is 11.9. The quantitative estimate of drug-likeness (QED) is 0.774. The van der Waals surface area contributed by atoms with Crippen molar-refractivity contribution in [3.05, 3.63) is 35.8 Å². The van der Waals surface area contributed by atoms with Gasteiger partial charge in [-0.1, -0.05) is 6.08 Å². The van der Waals surface area contributed by atoms with Crippen molar-refractivity contribution in [2.75, 3.05) is 6.61 Å². The normalized spacial score (nSPS) is 20.2. The molecule has 0 radical (unpaired) electrons. The molecule has 5 heteroatoms. The molecular formula is C14H12N2O3. The van der Waals surface area contributed by atoms with E-state index in [1.807, 2.05) is 12.1 Å². The summed E-state index contributed by atoms with van der Waals surface area (Å²) in [5.41, 5.74) is -0.986. The fourth-order valence-electron chi connectivity index (χ4n) is 2.28. The Morgan fingerprint density at radius 3 is 2.84 bits per heavy atom. The Bertz CT molecular complexity index is 573. The minimum atomic E-state index is -1.31. The predicted molar refractivity (Wildman–Crippen MR) is 64.4 cm³/mol. The van der Waals surface area contributed by atoms with E-state index in [9.17, 15) is 15.3 Å². The molecule has 0 aliphatic heterocycles. The third-order valence-corrected chi connectivity index (χ3v) is 3.19. The molecule has 1 aromatic rings. The van der Waals surface area contributed by atoms with Crippen molar-refractivity contribution in [3.63, 3.8) is 0 Å². The summed E-state index contributed by atoms with van der Waals surface area (Å²) in [7, 11) is 0. The van der Waals surface area contributed by atoms with E-state index in [0.717, 1.165) is 0 Å². The van der Waals surface area contributed by atoms with Gasteiger partial charge >= 0.3 is 5.97 Å². The topological polar surface area (TPSA) is 87.0 Å². The Hall–Kier alpha value is -2.53. The summed E-state index contributed by atoms with van der Waals surface area (Å²) in [4.78, 5) is 11.9. The van der Waals surface area contributed by atoms with Gasteiger partial charge in [-0.15, -0.1) is 0 Å². The number of carbonyl (C=O) groups is 1. The molecule has 0 bridgehead atoms. The van der Waals surface area contributed by atoms with E-state index < -0.39 is 17.3 Å². The molecule has 0 fully saturated rings. The van der Waals surface area contributed by atoms with Crippen molar-refractivity contribution in [2.24, 2.45) is 5.41 Å². The zero-order valence-electron chi connectivity index (χ0n) is 10.4. The first kappa shape index (κ1) is 12.9. The van der Waals surface area contributed by atoms with Crippen LogP contribution < -0.4 is 0 Å². The summed E-state index contributed by atoms with van der Waals surface area (Å²) in [5, 5.41) is 18.6. The number of ether oxygens (including phenoxy) is 1. The van der Waals surface area contributed by atoms with Gasteiger partial charge in [0.15, 0.2) is 5.41 Å². The molecule has 19 heavy (non-hydrogen) atoms. The van der Waals surface area contributed by atoms with Gasteiger partial charge in [0.05, 0.1) is 30.9 Å². The average Bonchev–Trinajstić information content (AvgIpc) is 3.06. The van der Waals surface area contributed by atoms with Crippen LogP contribution in [0.5, 0.6) is 0 Å². The van der Waals surface area contributed by atoms with Crippen LogP contribution in [0.25, 0.3) is 0 Å². The lowest BCUT2D eigenvalue weighted by Gasteiger charge is -2.21. The highest BCUT2D eigenvalue weighted by Gasteiger charge is 2.50. The van der Waals surface area contributed by atoms with E-state index >= 15 is 0 Å². The predicted octanol–water partition coefficient (Wildman–Crippen LogP) is 2.29. The molecule has 0 aromatic carbocycles. The van der Waals surface area contributed by atoms with Gasteiger partial charge in [-0.05, 0) is 25.5 Å². The summed E-state index contributed by atoms with van der Waals surface area (Å²) in [6, 6.07) is 7.34. The number of allylic oxidation sites excluding steroid dienone is 1. The number of hydrogen-bond acceptors (Lipinski definition) is 5. The molecule has 2 rings (SSSR count). The van der Waals surface area contributed by atoms with Crippen molar-refractivity contribution in [1.29, 1.82) is 10.5 Å². The van der Waals surface area contributed by atoms with Gasteiger partial charge in [0, 0.05) is 5.57 Å². The van der Waals surface area contributed by atoms with E-state index in [1.54, 1.807) is 25.1 Å². The lowest BCUT2D eigenvalue weighted by Crippen LogP contribution is -2.25. The number of furan rings is 1. The molecule has 1 atom stereocenters. The van der Waals surface area contributed by atoms with Gasteiger partial charge < -0.3 is 9.15 Å². The van der Waals surface area contributed by atoms with E-state index in [4.69, 9.17) is 9.15 Å². The number of rotatable bonds is 3. The van der Waals surface area contributed by atoms with Crippen LogP contribution in [-0.4, -0.2) is 12.6 Å². The van der Waals surface area contributed by atoms with Crippen LogP contribution in [0.15, 0.2) is 34.5 Å². The van der Waals surface area contributed by atoms with Crippen molar-refractivity contribution < 1.29 is 13.9 Å². The first-order valence-electron chi connectivity index (χ1n) is 5.91. The van der Waals surface area contributed by atoms with Crippen LogP contribution in [0, 0.1) is 28.1 Å². The number of nitrogens with zero attached hydrogens (tertiary/aromatic N) is 2. The molecule has 1 unspecified atom stereocenters. The molecule has 0 spiro atoms. The standard InChI is InChI=1S/C14H12N2O3/c1-2-18-13(17)10-5-6-14(8-15,9-16)12(10)11-4-3-7-19-11/h3-5,7,12H,2,6H2,1H3. The smallest absolute Gasteiger partial charge is 0.334 e. The molecular weight excluding hydrogens is 244 g/mol. The number of nitriles is 2. The van der Waals surface area contributed by atoms with Crippen LogP contribution in [0.3, 0.4) is 0 Å². The number of esters is 1. The monoisotopic (exact) mass is 256 g/mol. The Morgan fingerprint density at radius 2 is 2.32 bits per heavy atom. The van der Waals surface area contributed by atoms with Gasteiger partial charge in [0.25, 0.3) is 0 Å². The second kappa shape index (κ2) is 4.99. The molecule has 5 nitrogen and oxygen atoms in total. The average molecular weight is 256 g/mol. The largest absolute Gasteiger partial charge is 0.469 e. The van der Waals surface area contributed by atoms with Crippen LogP contribution in [0.4, 0.5) is 0 Å². The van der Waals surface area contributed by atoms with E-state index in [-0.39, 0.29) is 13.0 Å². The van der Waals surface area contributed by atoms with Crippen molar-refractivity contribution in [1.82, 2.24) is 0 Å². The highest BCUT2D eigenvalue weighted by Crippen LogP contribution is 2.49. The van der Waals surface area contributed by atoms with Gasteiger partial charge in [0.2, 0.25) is 0 Å². The maximum absolute atomic E-state index is 11.9. The zero-order chi connectivity index (χ0) is 13.9. The van der Waals surface area contributed by atoms with Crippen LogP contribution in [-0.2, 0) is 9.53 Å². The molecule has 0 amide bonds. The summed E-state index contributed by atoms with van der Waals surface area (Å²) < 4.78 is 10.3. The van der Waals surface area contributed by atoms with Gasteiger partial charge in [0.1, 0.15) is 5.76 Å². The van der Waals surface area contributed by atoms with Crippen molar-refractivity contribution in [2.45, 2.75) is 19.3 Å². The molecule has 0 N–H and O–H groups in total. The van der Waals surface area contributed by atoms with Crippen LogP contribution in [0.1, 0.15) is 25.0 Å². The van der Waals surface area contributed by atoms with Crippen molar-refractivity contribution >= 4 is 5.97 Å².